The quantitative estimate of drug-likeness (QED) is 0.591. The van der Waals surface area contributed by atoms with Gasteiger partial charge in [0.1, 0.15) is 11.8 Å². The Bertz CT molecular complexity index is 792. The molecular weight excluding hydrogens is 328 g/mol. The number of carbonyl (C=O) groups excluding carboxylic acids is 2. The van der Waals surface area contributed by atoms with Crippen LogP contribution in [0.1, 0.15) is 33.5 Å². The van der Waals surface area contributed by atoms with Crippen molar-refractivity contribution in [3.8, 4) is 6.07 Å². The summed E-state index contributed by atoms with van der Waals surface area (Å²) in [4.78, 5) is 33.8. The third-order valence-electron chi connectivity index (χ3n) is 2.88. The maximum Gasteiger partial charge on any atom is 0.357 e. The molecule has 0 spiro atoms. The number of hydrogen-bond acceptors (Lipinski definition) is 7. The Labute approximate surface area is 142 Å². The van der Waals surface area contributed by atoms with E-state index in [2.05, 4.69) is 16.5 Å². The maximum absolute atomic E-state index is 12.6. The normalized spacial score (nSPS) is 9.83. The van der Waals surface area contributed by atoms with Crippen molar-refractivity contribution in [2.24, 2.45) is 0 Å². The lowest BCUT2D eigenvalue weighted by Crippen LogP contribution is -2.31. The van der Waals surface area contributed by atoms with Crippen molar-refractivity contribution in [1.29, 1.82) is 5.26 Å². The Morgan fingerprint density at radius 3 is 2.83 bits per heavy atom. The highest BCUT2D eigenvalue weighted by Crippen LogP contribution is 2.22. The molecule has 0 aromatic carbocycles. The molecule has 2 aromatic heterocycles. The van der Waals surface area contributed by atoms with Crippen LogP contribution in [0.25, 0.3) is 0 Å². The number of rotatable bonds is 6. The number of pyridine rings is 1. The molecule has 24 heavy (non-hydrogen) atoms. The second kappa shape index (κ2) is 7.99. The van der Waals surface area contributed by atoms with E-state index in [1.807, 2.05) is 6.07 Å². The highest BCUT2D eigenvalue weighted by Gasteiger charge is 2.22. The van der Waals surface area contributed by atoms with Gasteiger partial charge >= 0.3 is 5.97 Å². The number of aromatic nitrogens is 2. The van der Waals surface area contributed by atoms with Crippen molar-refractivity contribution in [2.75, 3.05) is 18.1 Å². The highest BCUT2D eigenvalue weighted by atomic mass is 32.1. The molecule has 7 nitrogen and oxygen atoms in total. The van der Waals surface area contributed by atoms with Crippen LogP contribution in [0.15, 0.2) is 36.4 Å². The molecule has 2 aromatic rings. The summed E-state index contributed by atoms with van der Waals surface area (Å²) in [6.07, 6.45) is 2.87. The van der Waals surface area contributed by atoms with E-state index in [4.69, 9.17) is 10.00 Å². The van der Waals surface area contributed by atoms with Crippen LogP contribution in [-0.2, 0) is 4.74 Å². The van der Waals surface area contributed by atoms with E-state index in [1.54, 1.807) is 13.0 Å². The molecule has 122 valence electrons. The lowest BCUT2D eigenvalue weighted by molar-refractivity contribution is 0.0520. The third kappa shape index (κ3) is 3.83. The van der Waals surface area contributed by atoms with Crippen molar-refractivity contribution in [2.45, 2.75) is 6.92 Å². The summed E-state index contributed by atoms with van der Waals surface area (Å²) >= 11 is 1.15. The van der Waals surface area contributed by atoms with Gasteiger partial charge in [-0.15, -0.1) is 17.9 Å². The van der Waals surface area contributed by atoms with Gasteiger partial charge in [0.25, 0.3) is 5.91 Å². The summed E-state index contributed by atoms with van der Waals surface area (Å²) in [6, 6.07) is 4.92. The molecule has 0 aliphatic heterocycles. The minimum atomic E-state index is -0.539. The van der Waals surface area contributed by atoms with Crippen LogP contribution in [0.2, 0.25) is 0 Å². The Balaban J connectivity index is 2.28. The molecule has 0 saturated carbocycles. The molecule has 0 N–H and O–H groups in total. The summed E-state index contributed by atoms with van der Waals surface area (Å²) in [5.41, 5.74) is 0.677. The van der Waals surface area contributed by atoms with Gasteiger partial charge in [-0.2, -0.15) is 5.26 Å². The highest BCUT2D eigenvalue weighted by molar-refractivity contribution is 7.14. The van der Waals surface area contributed by atoms with Gasteiger partial charge in [0, 0.05) is 18.1 Å². The van der Waals surface area contributed by atoms with E-state index in [-0.39, 0.29) is 24.5 Å². The predicted octanol–water partition coefficient (Wildman–Crippen LogP) is 2.42. The van der Waals surface area contributed by atoms with E-state index in [0.29, 0.717) is 10.7 Å². The van der Waals surface area contributed by atoms with E-state index in [9.17, 15) is 9.59 Å². The summed E-state index contributed by atoms with van der Waals surface area (Å²) in [7, 11) is 0. The SMILES string of the molecule is C=CCN(C(=O)c1ccc(C#N)cn1)c1nc(C(=O)OCC)cs1. The standard InChI is InChI=1S/C16H14N4O3S/c1-3-7-20(14(21)12-6-5-11(8-17)9-18-12)16-19-13(10-24-16)15(22)23-4-2/h3,5-6,9-10H,1,4,7H2,2H3. The van der Waals surface area contributed by atoms with Gasteiger partial charge in [0.15, 0.2) is 10.8 Å². The number of esters is 1. The first-order valence-corrected chi connectivity index (χ1v) is 7.90. The first kappa shape index (κ1) is 17.3. The fraction of sp³-hybridized carbons (Fsp3) is 0.188. The number of thiazole rings is 1. The molecule has 8 heteroatoms. The molecule has 0 atom stereocenters. The predicted molar refractivity (Wildman–Crippen MR) is 88.9 cm³/mol. The van der Waals surface area contributed by atoms with E-state index in [0.717, 1.165) is 11.3 Å². The molecule has 0 fully saturated rings. The van der Waals surface area contributed by atoms with Crippen LogP contribution in [0.3, 0.4) is 0 Å². The van der Waals surface area contributed by atoms with Gasteiger partial charge < -0.3 is 4.74 Å². The lowest BCUT2D eigenvalue weighted by atomic mass is 10.2. The van der Waals surface area contributed by atoms with Gasteiger partial charge in [-0.3, -0.25) is 9.69 Å². The summed E-state index contributed by atoms with van der Waals surface area (Å²) < 4.78 is 4.89. The van der Waals surface area contributed by atoms with Crippen LogP contribution in [0, 0.1) is 11.3 Å². The van der Waals surface area contributed by atoms with Crippen LogP contribution >= 0.6 is 11.3 Å². The van der Waals surface area contributed by atoms with Gasteiger partial charge in [-0.1, -0.05) is 6.08 Å². The van der Waals surface area contributed by atoms with Crippen LogP contribution < -0.4 is 4.90 Å². The van der Waals surface area contributed by atoms with Gasteiger partial charge in [-0.05, 0) is 19.1 Å². The zero-order valence-electron chi connectivity index (χ0n) is 12.9. The Morgan fingerprint density at radius 2 is 2.25 bits per heavy atom. The molecule has 0 unspecified atom stereocenters. The number of nitrogens with zero attached hydrogens (tertiary/aromatic N) is 4. The second-order valence-corrected chi connectivity index (χ2v) is 5.32. The molecule has 0 aliphatic rings. The van der Waals surface area contributed by atoms with Crippen molar-refractivity contribution in [1.82, 2.24) is 9.97 Å². The zero-order chi connectivity index (χ0) is 17.5. The maximum atomic E-state index is 12.6. The number of amides is 1. The van der Waals surface area contributed by atoms with Crippen LogP contribution in [0.5, 0.6) is 0 Å². The van der Waals surface area contributed by atoms with Gasteiger partial charge in [0.2, 0.25) is 0 Å². The smallest absolute Gasteiger partial charge is 0.357 e. The van der Waals surface area contributed by atoms with E-state index < -0.39 is 11.9 Å². The molecular formula is C16H14N4O3S. The second-order valence-electron chi connectivity index (χ2n) is 4.48. The number of carbonyl (C=O) groups is 2. The average Bonchev–Trinajstić information content (AvgIpc) is 3.09. The summed E-state index contributed by atoms with van der Waals surface area (Å²) in [5.74, 6) is -0.938. The largest absolute Gasteiger partial charge is 0.461 e. The molecule has 0 saturated heterocycles. The number of nitriles is 1. The van der Waals surface area contributed by atoms with Crippen molar-refractivity contribution < 1.29 is 14.3 Å². The first-order valence-electron chi connectivity index (χ1n) is 7.02. The summed E-state index contributed by atoms with van der Waals surface area (Å²) in [5, 5.41) is 10.7. The van der Waals surface area contributed by atoms with Crippen molar-refractivity contribution >= 4 is 28.3 Å². The first-order chi connectivity index (χ1) is 11.6. The molecule has 2 rings (SSSR count). The molecule has 0 radical (unpaired) electrons. The fourth-order valence-corrected chi connectivity index (χ4v) is 2.59. The number of ether oxygens (including phenoxy) is 1. The number of hydrogen-bond donors (Lipinski definition) is 0. The van der Waals surface area contributed by atoms with Crippen LogP contribution in [-0.4, -0.2) is 35.0 Å². The lowest BCUT2D eigenvalue weighted by Gasteiger charge is -2.17. The van der Waals surface area contributed by atoms with E-state index in [1.165, 1.54) is 28.6 Å². The Hall–Kier alpha value is -3.05. The van der Waals surface area contributed by atoms with Gasteiger partial charge in [-0.25, -0.2) is 14.8 Å². The molecule has 0 aliphatic carbocycles. The minimum absolute atomic E-state index is 0.145. The average molecular weight is 342 g/mol. The van der Waals surface area contributed by atoms with E-state index >= 15 is 0 Å². The molecule has 2 heterocycles. The number of anilines is 1. The third-order valence-corrected chi connectivity index (χ3v) is 3.74. The zero-order valence-corrected chi connectivity index (χ0v) is 13.7. The molecule has 1 amide bonds. The minimum Gasteiger partial charge on any atom is -0.461 e. The monoisotopic (exact) mass is 342 g/mol. The molecule has 0 bridgehead atoms. The Morgan fingerprint density at radius 1 is 1.46 bits per heavy atom. The topological polar surface area (TPSA) is 96.2 Å². The summed E-state index contributed by atoms with van der Waals surface area (Å²) in [6.45, 7) is 5.78. The Kier molecular flexibility index (Phi) is 5.76. The van der Waals surface area contributed by atoms with Crippen molar-refractivity contribution in [3.05, 3.63) is 53.3 Å². The fourth-order valence-electron chi connectivity index (χ4n) is 1.79. The van der Waals surface area contributed by atoms with Gasteiger partial charge in [0.05, 0.1) is 12.2 Å². The van der Waals surface area contributed by atoms with Crippen LogP contribution in [0.4, 0.5) is 5.13 Å². The van der Waals surface area contributed by atoms with Crippen molar-refractivity contribution in [3.63, 3.8) is 0 Å².